The van der Waals surface area contributed by atoms with Crippen molar-refractivity contribution in [2.75, 3.05) is 5.32 Å². The minimum atomic E-state index is -2.79. The van der Waals surface area contributed by atoms with Gasteiger partial charge in [-0.2, -0.15) is 19.0 Å². The topological polar surface area (TPSA) is 82.7 Å². The highest BCUT2D eigenvalue weighted by molar-refractivity contribution is 5.63. The molecule has 0 unspecified atom stereocenters. The highest BCUT2D eigenvalue weighted by Gasteiger charge is 2.18. The molecule has 4 heterocycles. The molecule has 8 nitrogen and oxygen atoms in total. The molecular formula is C18H15F2N7O. The summed E-state index contributed by atoms with van der Waals surface area (Å²) in [6, 6.07) is 8.42. The number of hydrogen-bond acceptors (Lipinski definition) is 6. The molecule has 10 heteroatoms. The highest BCUT2D eigenvalue weighted by Crippen LogP contribution is 2.33. The number of anilines is 2. The molecule has 4 aromatic heterocycles. The third kappa shape index (κ3) is 3.80. The summed E-state index contributed by atoms with van der Waals surface area (Å²) < 4.78 is 34.3. The molecule has 0 aliphatic carbocycles. The maximum absolute atomic E-state index is 13.1. The third-order valence-electron chi connectivity index (χ3n) is 3.74. The van der Waals surface area contributed by atoms with Crippen LogP contribution < -0.4 is 10.1 Å². The number of rotatable bonds is 6. The van der Waals surface area contributed by atoms with E-state index in [4.69, 9.17) is 4.74 Å². The largest absolute Gasteiger partial charge is 0.453 e. The van der Waals surface area contributed by atoms with Crippen LogP contribution in [0.15, 0.2) is 61.3 Å². The van der Waals surface area contributed by atoms with E-state index in [1.54, 1.807) is 66.8 Å². The van der Waals surface area contributed by atoms with Gasteiger partial charge in [0.15, 0.2) is 11.4 Å². The molecule has 1 N–H and O–H groups in total. The molecule has 0 saturated carbocycles. The van der Waals surface area contributed by atoms with Crippen molar-refractivity contribution in [2.45, 2.75) is 6.55 Å². The number of hydrogen-bond donors (Lipinski definition) is 1. The molecule has 4 aromatic rings. The van der Waals surface area contributed by atoms with Gasteiger partial charge in [0.25, 0.3) is 0 Å². The number of ether oxygens (including phenoxy) is 1. The van der Waals surface area contributed by atoms with E-state index in [0.29, 0.717) is 21.9 Å². The average molecular weight is 383 g/mol. The van der Waals surface area contributed by atoms with Crippen LogP contribution in [-0.4, -0.2) is 29.5 Å². The van der Waals surface area contributed by atoms with E-state index in [1.807, 2.05) is 0 Å². The van der Waals surface area contributed by atoms with Gasteiger partial charge in [-0.1, -0.05) is 6.07 Å². The number of aromatic nitrogens is 6. The summed E-state index contributed by atoms with van der Waals surface area (Å²) in [7, 11) is 1.80. The summed E-state index contributed by atoms with van der Waals surface area (Å²) in [4.78, 5) is 8.38. The Balaban J connectivity index is 1.63. The summed E-state index contributed by atoms with van der Waals surface area (Å²) in [5.74, 6) is 1.09. The Morgan fingerprint density at radius 2 is 2.00 bits per heavy atom. The second-order valence-corrected chi connectivity index (χ2v) is 5.82. The fraction of sp³-hybridized carbons (Fsp3) is 0.111. The summed E-state index contributed by atoms with van der Waals surface area (Å²) in [5.41, 5.74) is 1.41. The van der Waals surface area contributed by atoms with Crippen LogP contribution in [0, 0.1) is 0 Å². The minimum Gasteiger partial charge on any atom is -0.453 e. The van der Waals surface area contributed by atoms with E-state index in [0.717, 1.165) is 11.9 Å². The molecule has 0 amide bonds. The lowest BCUT2D eigenvalue weighted by molar-refractivity contribution is 0.0566. The van der Waals surface area contributed by atoms with Gasteiger partial charge in [0.2, 0.25) is 0 Å². The van der Waals surface area contributed by atoms with Crippen molar-refractivity contribution in [1.29, 1.82) is 0 Å². The number of nitrogens with one attached hydrogen (secondary N) is 1. The van der Waals surface area contributed by atoms with Gasteiger partial charge in [-0.05, 0) is 18.2 Å². The molecule has 0 aromatic carbocycles. The van der Waals surface area contributed by atoms with Crippen molar-refractivity contribution in [1.82, 2.24) is 29.5 Å². The Hall–Kier alpha value is -3.82. The van der Waals surface area contributed by atoms with Crippen LogP contribution in [0.1, 0.15) is 6.55 Å². The van der Waals surface area contributed by atoms with Crippen LogP contribution in [0.25, 0.3) is 11.4 Å². The predicted octanol–water partition coefficient (Wildman–Crippen LogP) is 4.00. The first-order valence-corrected chi connectivity index (χ1v) is 8.27. The Bertz CT molecular complexity index is 1080. The Labute approximate surface area is 158 Å². The van der Waals surface area contributed by atoms with Crippen molar-refractivity contribution < 1.29 is 13.5 Å². The normalized spacial score (nSPS) is 11.0. The zero-order valence-corrected chi connectivity index (χ0v) is 14.7. The Morgan fingerprint density at radius 1 is 1.11 bits per heavy atom. The summed E-state index contributed by atoms with van der Waals surface area (Å²) in [5, 5.41) is 11.1. The van der Waals surface area contributed by atoms with Crippen LogP contribution >= 0.6 is 0 Å². The van der Waals surface area contributed by atoms with E-state index in [2.05, 4.69) is 25.5 Å². The zero-order chi connectivity index (χ0) is 19.5. The molecule has 28 heavy (non-hydrogen) atoms. The average Bonchev–Trinajstić information content (AvgIpc) is 3.29. The van der Waals surface area contributed by atoms with E-state index in [9.17, 15) is 8.78 Å². The van der Waals surface area contributed by atoms with E-state index in [1.165, 1.54) is 0 Å². The number of nitrogens with zero attached hydrogens (tertiary/aromatic N) is 6. The van der Waals surface area contributed by atoms with Gasteiger partial charge >= 0.3 is 6.55 Å². The lowest BCUT2D eigenvalue weighted by Crippen LogP contribution is -1.98. The van der Waals surface area contributed by atoms with Crippen LogP contribution in [0.3, 0.4) is 0 Å². The molecule has 0 saturated heterocycles. The maximum Gasteiger partial charge on any atom is 0.333 e. The summed E-state index contributed by atoms with van der Waals surface area (Å²) >= 11 is 0. The lowest BCUT2D eigenvalue weighted by Gasteiger charge is -2.07. The van der Waals surface area contributed by atoms with Gasteiger partial charge in [-0.25, -0.2) is 9.67 Å². The highest BCUT2D eigenvalue weighted by atomic mass is 19.3. The Morgan fingerprint density at radius 3 is 2.71 bits per heavy atom. The number of halogens is 2. The molecule has 4 rings (SSSR count). The van der Waals surface area contributed by atoms with Gasteiger partial charge < -0.3 is 10.1 Å². The van der Waals surface area contributed by atoms with Crippen LogP contribution in [-0.2, 0) is 7.05 Å². The molecule has 0 atom stereocenters. The minimum absolute atomic E-state index is 0.164. The third-order valence-corrected chi connectivity index (χ3v) is 3.74. The van der Waals surface area contributed by atoms with Crippen molar-refractivity contribution in [3.63, 3.8) is 0 Å². The summed E-state index contributed by atoms with van der Waals surface area (Å²) in [6.45, 7) is -2.79. The fourth-order valence-electron chi connectivity index (χ4n) is 2.53. The monoisotopic (exact) mass is 383 g/mol. The van der Waals surface area contributed by atoms with Crippen LogP contribution in [0.2, 0.25) is 0 Å². The standard InChI is InChI=1S/C18H15F2N7O/c1-26-10-12(9-23-26)24-16-8-13(5-7-22-16)28-15-11-27(18(19)20)25-17(15)14-4-2-3-6-21-14/h2-11,18H,1H3,(H,22,24). The maximum atomic E-state index is 13.1. The lowest BCUT2D eigenvalue weighted by atomic mass is 10.2. The van der Waals surface area contributed by atoms with Gasteiger partial charge in [-0.3, -0.25) is 9.67 Å². The fourth-order valence-corrected chi connectivity index (χ4v) is 2.53. The van der Waals surface area contributed by atoms with Gasteiger partial charge in [-0.15, -0.1) is 0 Å². The number of alkyl halides is 2. The number of pyridine rings is 2. The van der Waals surface area contributed by atoms with Gasteiger partial charge in [0.05, 0.1) is 23.8 Å². The predicted molar refractivity (Wildman–Crippen MR) is 97.5 cm³/mol. The zero-order valence-electron chi connectivity index (χ0n) is 14.7. The second kappa shape index (κ2) is 7.43. The van der Waals surface area contributed by atoms with Gasteiger partial charge in [0.1, 0.15) is 11.6 Å². The van der Waals surface area contributed by atoms with Crippen molar-refractivity contribution in [3.05, 3.63) is 61.3 Å². The first kappa shape index (κ1) is 17.6. The second-order valence-electron chi connectivity index (χ2n) is 5.82. The molecule has 0 aliphatic rings. The molecule has 0 radical (unpaired) electrons. The SMILES string of the molecule is Cn1cc(Nc2cc(Oc3cn(C(F)F)nc3-c3ccccn3)ccn2)cn1. The van der Waals surface area contributed by atoms with Crippen LogP contribution in [0.4, 0.5) is 20.3 Å². The van der Waals surface area contributed by atoms with E-state index in [-0.39, 0.29) is 11.4 Å². The van der Waals surface area contributed by atoms with E-state index >= 15 is 0 Å². The van der Waals surface area contributed by atoms with Crippen molar-refractivity contribution in [3.8, 4) is 22.9 Å². The quantitative estimate of drug-likeness (QED) is 0.542. The molecule has 0 spiro atoms. The Kier molecular flexibility index (Phi) is 4.67. The molecular weight excluding hydrogens is 368 g/mol. The smallest absolute Gasteiger partial charge is 0.333 e. The first-order valence-electron chi connectivity index (χ1n) is 8.27. The van der Waals surface area contributed by atoms with Crippen LogP contribution in [0.5, 0.6) is 11.5 Å². The molecule has 0 bridgehead atoms. The molecule has 0 aliphatic heterocycles. The van der Waals surface area contributed by atoms with Gasteiger partial charge in [0, 0.05) is 31.7 Å². The summed E-state index contributed by atoms with van der Waals surface area (Å²) in [6.07, 6.45) is 7.69. The number of aryl methyl sites for hydroxylation is 1. The molecule has 142 valence electrons. The molecule has 0 fully saturated rings. The first-order chi connectivity index (χ1) is 13.6. The van der Waals surface area contributed by atoms with E-state index < -0.39 is 6.55 Å². The van der Waals surface area contributed by atoms with Crippen molar-refractivity contribution in [2.24, 2.45) is 7.05 Å². The van der Waals surface area contributed by atoms with Crippen molar-refractivity contribution >= 4 is 11.5 Å².